The standard InChI is InChI=1S/C26H38N2O5/c1-18-9-10-22(17-19(18)2)7-6-8-23-24(27-20(3)31)11-12-25(26(23)32-5)33-21(4)28(13-15-29)14-16-30/h9-12,17,21,29-30H,6-8,13-16H2,1-5H3,(H,27,31). The Morgan fingerprint density at radius 3 is 2.33 bits per heavy atom. The van der Waals surface area contributed by atoms with Crippen LogP contribution in [0.2, 0.25) is 0 Å². The minimum absolute atomic E-state index is 0.0317. The van der Waals surface area contributed by atoms with Crippen molar-refractivity contribution in [3.63, 3.8) is 0 Å². The first-order valence-corrected chi connectivity index (χ1v) is 11.5. The molecule has 0 saturated carbocycles. The van der Waals surface area contributed by atoms with E-state index < -0.39 is 0 Å². The number of rotatable bonds is 13. The van der Waals surface area contributed by atoms with Gasteiger partial charge in [-0.25, -0.2) is 0 Å². The number of carbonyl (C=O) groups excluding carboxylic acids is 1. The van der Waals surface area contributed by atoms with Crippen LogP contribution in [0.1, 0.15) is 42.5 Å². The van der Waals surface area contributed by atoms with Gasteiger partial charge in [0.15, 0.2) is 11.5 Å². The summed E-state index contributed by atoms with van der Waals surface area (Å²) in [5.41, 5.74) is 5.44. The summed E-state index contributed by atoms with van der Waals surface area (Å²) >= 11 is 0. The molecule has 2 rings (SSSR count). The van der Waals surface area contributed by atoms with Crippen LogP contribution in [0.5, 0.6) is 11.5 Å². The Kier molecular flexibility index (Phi) is 10.6. The zero-order valence-corrected chi connectivity index (χ0v) is 20.5. The molecule has 0 aliphatic heterocycles. The first-order chi connectivity index (χ1) is 15.8. The second kappa shape index (κ2) is 13.2. The number of amides is 1. The highest BCUT2D eigenvalue weighted by atomic mass is 16.5. The molecule has 0 bridgehead atoms. The Hall–Kier alpha value is -2.61. The number of aryl methyl sites for hydroxylation is 3. The van der Waals surface area contributed by atoms with Gasteiger partial charge >= 0.3 is 0 Å². The van der Waals surface area contributed by atoms with Crippen LogP contribution in [-0.4, -0.2) is 60.7 Å². The molecule has 0 aliphatic rings. The molecule has 0 saturated heterocycles. The molecule has 33 heavy (non-hydrogen) atoms. The summed E-state index contributed by atoms with van der Waals surface area (Å²) in [7, 11) is 1.59. The SMILES string of the molecule is COc1c(OC(C)N(CCO)CCO)ccc(NC(C)=O)c1CCCc1ccc(C)c(C)c1. The number of nitrogens with zero attached hydrogens (tertiary/aromatic N) is 1. The van der Waals surface area contributed by atoms with Gasteiger partial charge in [0.05, 0.1) is 20.3 Å². The third-order valence-electron chi connectivity index (χ3n) is 5.79. The fraction of sp³-hybridized carbons (Fsp3) is 0.500. The minimum atomic E-state index is -0.381. The normalized spacial score (nSPS) is 12.0. The van der Waals surface area contributed by atoms with Crippen LogP contribution >= 0.6 is 0 Å². The molecule has 0 spiro atoms. The molecule has 182 valence electrons. The summed E-state index contributed by atoms with van der Waals surface area (Å²) < 4.78 is 11.9. The van der Waals surface area contributed by atoms with Crippen LogP contribution in [0, 0.1) is 13.8 Å². The van der Waals surface area contributed by atoms with Gasteiger partial charge in [-0.05, 0) is 68.9 Å². The van der Waals surface area contributed by atoms with E-state index in [0.29, 0.717) is 36.7 Å². The van der Waals surface area contributed by atoms with Gasteiger partial charge in [0.25, 0.3) is 0 Å². The molecular weight excluding hydrogens is 420 g/mol. The number of benzene rings is 2. The predicted molar refractivity (Wildman–Crippen MR) is 131 cm³/mol. The monoisotopic (exact) mass is 458 g/mol. The number of aliphatic hydroxyl groups excluding tert-OH is 2. The van der Waals surface area contributed by atoms with Crippen molar-refractivity contribution in [3.05, 3.63) is 52.6 Å². The predicted octanol–water partition coefficient (Wildman–Crippen LogP) is 3.46. The lowest BCUT2D eigenvalue weighted by atomic mass is 9.99. The molecule has 0 aromatic heterocycles. The number of methoxy groups -OCH3 is 1. The summed E-state index contributed by atoms with van der Waals surface area (Å²) in [5, 5.41) is 21.6. The maximum absolute atomic E-state index is 11.8. The fourth-order valence-electron chi connectivity index (χ4n) is 3.90. The van der Waals surface area contributed by atoms with E-state index >= 15 is 0 Å². The van der Waals surface area contributed by atoms with Gasteiger partial charge in [-0.2, -0.15) is 0 Å². The van der Waals surface area contributed by atoms with Gasteiger partial charge in [-0.1, -0.05) is 18.2 Å². The molecule has 0 radical (unpaired) electrons. The van der Waals surface area contributed by atoms with Crippen molar-refractivity contribution >= 4 is 11.6 Å². The van der Waals surface area contributed by atoms with Crippen LogP contribution < -0.4 is 14.8 Å². The first kappa shape index (κ1) is 26.6. The van der Waals surface area contributed by atoms with E-state index in [1.165, 1.54) is 23.6 Å². The lowest BCUT2D eigenvalue weighted by Gasteiger charge is -2.29. The van der Waals surface area contributed by atoms with E-state index in [1.54, 1.807) is 13.2 Å². The molecule has 1 atom stereocenters. The van der Waals surface area contributed by atoms with Crippen molar-refractivity contribution in [2.45, 2.75) is 53.2 Å². The molecule has 1 amide bonds. The van der Waals surface area contributed by atoms with Gasteiger partial charge in [-0.3, -0.25) is 9.69 Å². The Morgan fingerprint density at radius 1 is 1.06 bits per heavy atom. The van der Waals surface area contributed by atoms with Gasteiger partial charge < -0.3 is 25.0 Å². The zero-order chi connectivity index (χ0) is 24.4. The Bertz CT molecular complexity index is 910. The van der Waals surface area contributed by atoms with Crippen molar-refractivity contribution in [1.29, 1.82) is 0 Å². The van der Waals surface area contributed by atoms with E-state index in [9.17, 15) is 15.0 Å². The topological polar surface area (TPSA) is 91.3 Å². The number of carbonyl (C=O) groups is 1. The molecule has 7 heteroatoms. The molecule has 0 heterocycles. The van der Waals surface area contributed by atoms with E-state index in [4.69, 9.17) is 9.47 Å². The maximum Gasteiger partial charge on any atom is 0.221 e. The van der Waals surface area contributed by atoms with Crippen molar-refractivity contribution < 1.29 is 24.5 Å². The first-order valence-electron chi connectivity index (χ1n) is 11.5. The van der Waals surface area contributed by atoms with Gasteiger partial charge in [-0.15, -0.1) is 0 Å². The van der Waals surface area contributed by atoms with E-state index in [0.717, 1.165) is 18.4 Å². The molecule has 0 fully saturated rings. The van der Waals surface area contributed by atoms with Gasteiger partial charge in [0.2, 0.25) is 5.91 Å². The van der Waals surface area contributed by atoms with E-state index in [1.807, 2.05) is 17.9 Å². The fourth-order valence-corrected chi connectivity index (χ4v) is 3.90. The molecule has 0 aliphatic carbocycles. The highest BCUT2D eigenvalue weighted by Crippen LogP contribution is 2.38. The van der Waals surface area contributed by atoms with Crippen molar-refractivity contribution in [2.24, 2.45) is 0 Å². The molecular formula is C26H38N2O5. The second-order valence-corrected chi connectivity index (χ2v) is 8.28. The summed E-state index contributed by atoms with van der Waals surface area (Å²) in [6.07, 6.45) is 2.11. The van der Waals surface area contributed by atoms with E-state index in [2.05, 4.69) is 37.4 Å². The van der Waals surface area contributed by atoms with Crippen molar-refractivity contribution in [2.75, 3.05) is 38.7 Å². The molecule has 7 nitrogen and oxygen atoms in total. The maximum atomic E-state index is 11.8. The second-order valence-electron chi connectivity index (χ2n) is 8.28. The molecule has 2 aromatic carbocycles. The molecule has 2 aromatic rings. The number of aliphatic hydroxyl groups is 2. The van der Waals surface area contributed by atoms with Crippen LogP contribution in [0.25, 0.3) is 0 Å². The number of hydrogen-bond donors (Lipinski definition) is 3. The average Bonchev–Trinajstić information content (AvgIpc) is 2.77. The van der Waals surface area contributed by atoms with E-state index in [-0.39, 0.29) is 25.3 Å². The summed E-state index contributed by atoms with van der Waals surface area (Å²) in [6, 6.07) is 10.1. The summed E-state index contributed by atoms with van der Waals surface area (Å²) in [5.74, 6) is 0.994. The lowest BCUT2D eigenvalue weighted by Crippen LogP contribution is -2.41. The molecule has 3 N–H and O–H groups in total. The Labute approximate surface area is 197 Å². The van der Waals surface area contributed by atoms with Crippen molar-refractivity contribution in [1.82, 2.24) is 4.90 Å². The Balaban J connectivity index is 2.27. The van der Waals surface area contributed by atoms with Crippen LogP contribution in [0.3, 0.4) is 0 Å². The summed E-state index contributed by atoms with van der Waals surface area (Å²) in [4.78, 5) is 13.6. The number of anilines is 1. The number of hydrogen-bond acceptors (Lipinski definition) is 6. The largest absolute Gasteiger partial charge is 0.492 e. The number of nitrogens with one attached hydrogen (secondary N) is 1. The smallest absolute Gasteiger partial charge is 0.221 e. The van der Waals surface area contributed by atoms with Gasteiger partial charge in [0.1, 0.15) is 6.23 Å². The highest BCUT2D eigenvalue weighted by molar-refractivity contribution is 5.90. The average molecular weight is 459 g/mol. The van der Waals surface area contributed by atoms with Crippen LogP contribution in [0.4, 0.5) is 5.69 Å². The van der Waals surface area contributed by atoms with Gasteiger partial charge in [0, 0.05) is 31.3 Å². The highest BCUT2D eigenvalue weighted by Gasteiger charge is 2.20. The minimum Gasteiger partial charge on any atom is -0.492 e. The number of ether oxygens (including phenoxy) is 2. The van der Waals surface area contributed by atoms with Crippen molar-refractivity contribution in [3.8, 4) is 11.5 Å². The lowest BCUT2D eigenvalue weighted by molar-refractivity contribution is -0.114. The Morgan fingerprint density at radius 2 is 1.76 bits per heavy atom. The zero-order valence-electron chi connectivity index (χ0n) is 20.5. The summed E-state index contributed by atoms with van der Waals surface area (Å²) in [6.45, 7) is 8.29. The molecule has 1 unspecified atom stereocenters. The third-order valence-corrected chi connectivity index (χ3v) is 5.79. The van der Waals surface area contributed by atoms with Crippen LogP contribution in [0.15, 0.2) is 30.3 Å². The quantitative estimate of drug-likeness (QED) is 0.398. The third kappa shape index (κ3) is 7.74. The van der Waals surface area contributed by atoms with Crippen LogP contribution in [-0.2, 0) is 17.6 Å².